The lowest BCUT2D eigenvalue weighted by molar-refractivity contribution is -0.128. The second-order valence-corrected chi connectivity index (χ2v) is 10.7. The van der Waals surface area contributed by atoms with Crippen LogP contribution >= 0.6 is 0 Å². The Morgan fingerprint density at radius 1 is 1.10 bits per heavy atom. The normalized spacial score (nSPS) is 24.6. The van der Waals surface area contributed by atoms with Gasteiger partial charge in [0.05, 0.1) is 0 Å². The molecule has 0 aromatic heterocycles. The van der Waals surface area contributed by atoms with Crippen molar-refractivity contribution in [2.45, 2.75) is 103 Å². The van der Waals surface area contributed by atoms with Crippen LogP contribution < -0.4 is 0 Å². The van der Waals surface area contributed by atoms with Gasteiger partial charge in [-0.2, -0.15) is 0 Å². The first kappa shape index (κ1) is 22.9. The third-order valence-corrected chi connectivity index (χ3v) is 7.46. The molecular formula is C27H40O3. The molecule has 2 saturated carbocycles. The third kappa shape index (κ3) is 4.76. The molecule has 2 aliphatic rings. The number of phenols is 2. The van der Waals surface area contributed by atoms with Crippen LogP contribution in [0, 0.1) is 11.3 Å². The summed E-state index contributed by atoms with van der Waals surface area (Å²) in [7, 11) is 0. The molecule has 2 N–H and O–H groups in total. The number of carbonyl (C=O) groups is 1. The van der Waals surface area contributed by atoms with Gasteiger partial charge in [0.1, 0.15) is 17.3 Å². The first-order chi connectivity index (χ1) is 14.2. The molecule has 2 fully saturated rings. The zero-order chi connectivity index (χ0) is 21.9. The molecule has 2 atom stereocenters. The van der Waals surface area contributed by atoms with Crippen molar-refractivity contribution in [3.05, 3.63) is 35.4 Å². The maximum absolute atomic E-state index is 12.8. The first-order valence-corrected chi connectivity index (χ1v) is 11.9. The number of rotatable bonds is 6. The van der Waals surface area contributed by atoms with Crippen molar-refractivity contribution in [2.24, 2.45) is 11.3 Å². The minimum absolute atomic E-state index is 0.0328. The molecule has 0 heterocycles. The standard InChI is InChI=1S/C27H40O3/c1-5-6-7-8-13-27(14-9-10-15-27)20-17-23(29)25(24(30)18-20)19-11-12-21(22(28)16-19)26(2,3)4/h8,13,17-19,21,29-30H,5-7,9-12,14-16H2,1-4H3/t19-,21-/m0/s1. The fraction of sp³-hybridized carbons (Fsp3) is 0.667. The zero-order valence-electron chi connectivity index (χ0n) is 19.3. The van der Waals surface area contributed by atoms with Crippen molar-refractivity contribution in [2.75, 3.05) is 0 Å². The minimum Gasteiger partial charge on any atom is -0.508 e. The van der Waals surface area contributed by atoms with Gasteiger partial charge in [0.15, 0.2) is 0 Å². The summed E-state index contributed by atoms with van der Waals surface area (Å²) in [5, 5.41) is 21.9. The molecule has 3 heteroatoms. The predicted octanol–water partition coefficient (Wildman–Crippen LogP) is 7.15. The fourth-order valence-electron chi connectivity index (χ4n) is 5.70. The van der Waals surface area contributed by atoms with Crippen molar-refractivity contribution >= 4 is 5.78 Å². The molecule has 0 spiro atoms. The Balaban J connectivity index is 1.85. The van der Waals surface area contributed by atoms with Crippen molar-refractivity contribution in [1.29, 1.82) is 0 Å². The Hall–Kier alpha value is -1.77. The van der Waals surface area contributed by atoms with Crippen LogP contribution in [0.2, 0.25) is 0 Å². The van der Waals surface area contributed by atoms with Crippen LogP contribution in [0.3, 0.4) is 0 Å². The van der Waals surface area contributed by atoms with Gasteiger partial charge in [0.2, 0.25) is 0 Å². The molecule has 0 bridgehead atoms. The molecule has 0 radical (unpaired) electrons. The molecule has 1 aromatic carbocycles. The Morgan fingerprint density at radius 2 is 1.73 bits per heavy atom. The number of allylic oxidation sites excluding steroid dienone is 2. The van der Waals surface area contributed by atoms with E-state index in [1.165, 1.54) is 25.7 Å². The van der Waals surface area contributed by atoms with E-state index in [-0.39, 0.29) is 39.9 Å². The lowest BCUT2D eigenvalue weighted by atomic mass is 9.67. The summed E-state index contributed by atoms with van der Waals surface area (Å²) in [6.45, 7) is 8.56. The fourth-order valence-corrected chi connectivity index (χ4v) is 5.70. The van der Waals surface area contributed by atoms with E-state index in [1.807, 2.05) is 12.1 Å². The first-order valence-electron chi connectivity index (χ1n) is 11.9. The van der Waals surface area contributed by atoms with E-state index in [1.54, 1.807) is 0 Å². The topological polar surface area (TPSA) is 57.5 Å². The number of hydrogen-bond donors (Lipinski definition) is 2. The van der Waals surface area contributed by atoms with E-state index in [0.29, 0.717) is 12.0 Å². The van der Waals surface area contributed by atoms with E-state index in [0.717, 1.165) is 37.7 Å². The van der Waals surface area contributed by atoms with Gasteiger partial charge in [-0.25, -0.2) is 0 Å². The Kier molecular flexibility index (Phi) is 6.99. The smallest absolute Gasteiger partial charge is 0.137 e. The van der Waals surface area contributed by atoms with Crippen LogP contribution in [-0.4, -0.2) is 16.0 Å². The summed E-state index contributed by atoms with van der Waals surface area (Å²) in [5.41, 5.74) is 1.47. The maximum Gasteiger partial charge on any atom is 0.137 e. The van der Waals surface area contributed by atoms with Crippen LogP contribution in [0.1, 0.15) is 109 Å². The van der Waals surface area contributed by atoms with Crippen LogP contribution in [0.15, 0.2) is 24.3 Å². The van der Waals surface area contributed by atoms with E-state index in [9.17, 15) is 15.0 Å². The summed E-state index contributed by atoms with van der Waals surface area (Å²) < 4.78 is 0. The van der Waals surface area contributed by atoms with Gasteiger partial charge in [-0.15, -0.1) is 0 Å². The molecular weight excluding hydrogens is 372 g/mol. The van der Waals surface area contributed by atoms with Gasteiger partial charge in [-0.1, -0.05) is 65.5 Å². The van der Waals surface area contributed by atoms with Gasteiger partial charge in [0.25, 0.3) is 0 Å². The van der Waals surface area contributed by atoms with Crippen LogP contribution in [0.25, 0.3) is 0 Å². The van der Waals surface area contributed by atoms with Crippen LogP contribution in [-0.2, 0) is 10.2 Å². The molecule has 0 amide bonds. The second kappa shape index (κ2) is 9.16. The maximum atomic E-state index is 12.8. The van der Waals surface area contributed by atoms with Crippen molar-refractivity contribution in [3.8, 4) is 11.5 Å². The summed E-state index contributed by atoms with van der Waals surface area (Å²) in [6.07, 6.45) is 14.6. The molecule has 3 nitrogen and oxygen atoms in total. The van der Waals surface area contributed by atoms with E-state index in [4.69, 9.17) is 0 Å². The summed E-state index contributed by atoms with van der Waals surface area (Å²) in [4.78, 5) is 12.8. The highest BCUT2D eigenvalue weighted by Crippen LogP contribution is 2.49. The molecule has 0 saturated heterocycles. The van der Waals surface area contributed by atoms with Gasteiger partial charge < -0.3 is 10.2 Å². The Morgan fingerprint density at radius 3 is 2.27 bits per heavy atom. The number of benzene rings is 1. The van der Waals surface area contributed by atoms with Crippen LogP contribution in [0.5, 0.6) is 11.5 Å². The summed E-state index contributed by atoms with van der Waals surface area (Å²) in [6, 6.07) is 3.73. The highest BCUT2D eigenvalue weighted by Gasteiger charge is 2.39. The molecule has 30 heavy (non-hydrogen) atoms. The average Bonchev–Trinajstić information content (AvgIpc) is 3.14. The molecule has 0 aliphatic heterocycles. The molecule has 2 aliphatic carbocycles. The molecule has 0 unspecified atom stereocenters. The number of hydrogen-bond acceptors (Lipinski definition) is 3. The number of phenolic OH excluding ortho intramolecular Hbond substituents is 2. The highest BCUT2D eigenvalue weighted by atomic mass is 16.3. The third-order valence-electron chi connectivity index (χ3n) is 7.46. The molecule has 1 aromatic rings. The zero-order valence-corrected chi connectivity index (χ0v) is 19.3. The van der Waals surface area contributed by atoms with Gasteiger partial charge >= 0.3 is 0 Å². The summed E-state index contributed by atoms with van der Waals surface area (Å²) >= 11 is 0. The SMILES string of the molecule is CCCCC=CC1(c2cc(O)c([C@H]3CC[C@H](C(C)(C)C)C(=O)C3)c(O)c2)CCCC1. The highest BCUT2D eigenvalue weighted by molar-refractivity contribution is 5.83. The average molecular weight is 413 g/mol. The summed E-state index contributed by atoms with van der Waals surface area (Å²) in [5.74, 6) is 0.542. The number of ketones is 1. The number of unbranched alkanes of at least 4 members (excludes halogenated alkanes) is 2. The van der Waals surface area contributed by atoms with E-state index in [2.05, 4.69) is 39.8 Å². The van der Waals surface area contributed by atoms with Crippen molar-refractivity contribution in [3.63, 3.8) is 0 Å². The number of carbonyl (C=O) groups excluding carboxylic acids is 1. The van der Waals surface area contributed by atoms with Crippen molar-refractivity contribution < 1.29 is 15.0 Å². The van der Waals surface area contributed by atoms with Crippen molar-refractivity contribution in [1.82, 2.24) is 0 Å². The second-order valence-electron chi connectivity index (χ2n) is 10.7. The Bertz CT molecular complexity index is 755. The number of aromatic hydroxyl groups is 2. The van der Waals surface area contributed by atoms with E-state index < -0.39 is 0 Å². The van der Waals surface area contributed by atoms with E-state index >= 15 is 0 Å². The molecule has 166 valence electrons. The lowest BCUT2D eigenvalue weighted by Crippen LogP contribution is -2.33. The number of Topliss-reactive ketones (excluding diaryl/α,β-unsaturated/α-hetero) is 1. The Labute approximate surface area is 182 Å². The molecule has 3 rings (SSSR count). The quantitative estimate of drug-likeness (QED) is 0.385. The van der Waals surface area contributed by atoms with Gasteiger partial charge in [-0.05, 0) is 61.1 Å². The largest absolute Gasteiger partial charge is 0.508 e. The lowest BCUT2D eigenvalue weighted by Gasteiger charge is -2.36. The van der Waals surface area contributed by atoms with Crippen LogP contribution in [0.4, 0.5) is 0 Å². The van der Waals surface area contributed by atoms with Gasteiger partial charge in [0, 0.05) is 23.3 Å². The van der Waals surface area contributed by atoms with Gasteiger partial charge in [-0.3, -0.25) is 4.79 Å². The predicted molar refractivity (Wildman–Crippen MR) is 123 cm³/mol. The monoisotopic (exact) mass is 412 g/mol. The minimum atomic E-state index is -0.0928.